The maximum atomic E-state index is 11.2. The Morgan fingerprint density at radius 1 is 1.13 bits per heavy atom. The van der Waals surface area contributed by atoms with E-state index in [0.29, 0.717) is 0 Å². The van der Waals surface area contributed by atoms with E-state index in [1.54, 1.807) is 6.26 Å². The highest BCUT2D eigenvalue weighted by Gasteiger charge is 2.58. The minimum atomic E-state index is -5.42. The van der Waals surface area contributed by atoms with Gasteiger partial charge in [0.1, 0.15) is 5.50 Å². The molecule has 1 unspecified atom stereocenters. The number of benzene rings is 1. The second kappa shape index (κ2) is 8.11. The van der Waals surface area contributed by atoms with Gasteiger partial charge in [-0.25, -0.2) is 0 Å². The highest BCUT2D eigenvalue weighted by Crippen LogP contribution is 2.68. The van der Waals surface area contributed by atoms with E-state index < -0.39 is 26.7 Å². The lowest BCUT2D eigenvalue weighted by molar-refractivity contribution is 0.123. The molecule has 132 valence electrons. The van der Waals surface area contributed by atoms with E-state index >= 15 is 0 Å². The van der Waals surface area contributed by atoms with Crippen LogP contribution in [-0.4, -0.2) is 48.1 Å². The van der Waals surface area contributed by atoms with Crippen LogP contribution in [0.15, 0.2) is 30.3 Å². The highest BCUT2D eigenvalue weighted by atomic mass is 32.2. The lowest BCUT2D eigenvalue weighted by Gasteiger charge is -2.30. The van der Waals surface area contributed by atoms with Crippen molar-refractivity contribution in [2.75, 3.05) is 18.1 Å². The van der Waals surface area contributed by atoms with Crippen molar-refractivity contribution in [2.45, 2.75) is 17.0 Å². The van der Waals surface area contributed by atoms with E-state index in [4.69, 9.17) is 19.6 Å². The average Bonchev–Trinajstić information content (AvgIpc) is 2.44. The lowest BCUT2D eigenvalue weighted by atomic mass is 10.3. The smallest absolute Gasteiger partial charge is 0.367 e. The molecule has 9 nitrogen and oxygen atoms in total. The molecule has 0 aliphatic carbocycles. The zero-order valence-corrected chi connectivity index (χ0v) is 14.8. The molecule has 0 saturated heterocycles. The van der Waals surface area contributed by atoms with Gasteiger partial charge in [-0.05, 0) is 18.4 Å². The molecule has 0 heterocycles. The number of anilines is 1. The molecule has 0 radical (unpaired) electrons. The Kier molecular flexibility index (Phi) is 7.28. The van der Waals surface area contributed by atoms with Gasteiger partial charge >= 0.3 is 15.2 Å². The Hall–Kier alpha value is -0.410. The number of nitrogens with one attached hydrogen (secondary N) is 2. The van der Waals surface area contributed by atoms with E-state index in [9.17, 15) is 14.2 Å². The van der Waals surface area contributed by atoms with E-state index in [0.717, 1.165) is 5.69 Å². The first-order chi connectivity index (χ1) is 10.5. The minimum Gasteiger partial charge on any atom is -0.367 e. The molecule has 12 heteroatoms. The van der Waals surface area contributed by atoms with Crippen molar-refractivity contribution in [3.8, 4) is 0 Å². The molecule has 1 atom stereocenters. The Labute approximate surface area is 137 Å². The van der Waals surface area contributed by atoms with Crippen LogP contribution >= 0.6 is 27.0 Å². The summed E-state index contributed by atoms with van der Waals surface area (Å²) in [5, 5.41) is 12.3. The van der Waals surface area contributed by atoms with Crippen LogP contribution in [-0.2, 0) is 9.13 Å². The number of thioether (sulfide) groups is 1. The zero-order chi connectivity index (χ0) is 17.7. The molecule has 7 N–H and O–H groups in total. The molecule has 0 aliphatic heterocycles. The molecule has 0 aliphatic rings. The largest absolute Gasteiger partial charge is 0.369 e. The van der Waals surface area contributed by atoms with Crippen molar-refractivity contribution in [2.24, 2.45) is 0 Å². The average molecular weight is 386 g/mol. The summed E-state index contributed by atoms with van der Waals surface area (Å²) in [5.41, 5.74) is 0.412. The van der Waals surface area contributed by atoms with Gasteiger partial charge in [-0.15, -0.1) is 11.8 Å². The summed E-state index contributed by atoms with van der Waals surface area (Å²) in [6.07, 6.45) is 0.959. The van der Waals surface area contributed by atoms with Gasteiger partial charge in [0.15, 0.2) is 0 Å². The summed E-state index contributed by atoms with van der Waals surface area (Å²) in [4.78, 5) is 36.2. The van der Waals surface area contributed by atoms with Crippen molar-refractivity contribution in [3.05, 3.63) is 30.3 Å². The number of rotatable bonds is 9. The summed E-state index contributed by atoms with van der Waals surface area (Å²) < 4.78 is 22.5. The molecule has 0 aromatic heterocycles. The molecule has 1 aromatic rings. The summed E-state index contributed by atoms with van der Waals surface area (Å²) in [7, 11) is -10.8. The standard InChI is InChI=1S/C11H20N2O7P2S/c1-23-10(13-9-5-3-2-4-6-9)12-8-7-11(14,21(15,16)17)22(18,19)20/h2-6,10,12-14H,7-8H2,1H3,(H2,15,16,17)(H2,18,19,20). The van der Waals surface area contributed by atoms with E-state index in [1.807, 2.05) is 30.3 Å². The fourth-order valence-electron chi connectivity index (χ4n) is 1.71. The third kappa shape index (κ3) is 5.56. The first-order valence-corrected chi connectivity index (χ1v) is 10.9. The van der Waals surface area contributed by atoms with Crippen molar-refractivity contribution < 1.29 is 33.8 Å². The van der Waals surface area contributed by atoms with E-state index in [1.165, 1.54) is 11.8 Å². The summed E-state index contributed by atoms with van der Waals surface area (Å²) in [6, 6.07) is 9.10. The molecular formula is C11H20N2O7P2S. The van der Waals surface area contributed by atoms with Gasteiger partial charge in [-0.2, -0.15) is 0 Å². The van der Waals surface area contributed by atoms with Crippen LogP contribution in [0.25, 0.3) is 0 Å². The van der Waals surface area contributed by atoms with Crippen LogP contribution in [0.3, 0.4) is 0 Å². The maximum absolute atomic E-state index is 11.2. The monoisotopic (exact) mass is 386 g/mol. The Morgan fingerprint density at radius 2 is 1.65 bits per heavy atom. The quantitative estimate of drug-likeness (QED) is 0.238. The van der Waals surface area contributed by atoms with Crippen LogP contribution in [0.4, 0.5) is 5.69 Å². The van der Waals surface area contributed by atoms with Crippen LogP contribution in [0.2, 0.25) is 0 Å². The highest BCUT2D eigenvalue weighted by molar-refractivity contribution is 7.99. The number of aliphatic hydroxyl groups is 1. The van der Waals surface area contributed by atoms with Gasteiger partial charge in [-0.1, -0.05) is 18.2 Å². The molecule has 0 spiro atoms. The van der Waals surface area contributed by atoms with Crippen LogP contribution in [0.1, 0.15) is 6.42 Å². The Balaban J connectivity index is 2.68. The maximum Gasteiger partial charge on any atom is 0.369 e. The second-order valence-corrected chi connectivity index (χ2v) is 9.64. The molecule has 0 saturated carbocycles. The predicted molar refractivity (Wildman–Crippen MR) is 89.0 cm³/mol. The lowest BCUT2D eigenvalue weighted by Crippen LogP contribution is -2.38. The van der Waals surface area contributed by atoms with Crippen molar-refractivity contribution >= 4 is 32.6 Å². The fourth-order valence-corrected chi connectivity index (χ4v) is 4.41. The van der Waals surface area contributed by atoms with Crippen LogP contribution < -0.4 is 10.6 Å². The van der Waals surface area contributed by atoms with Crippen molar-refractivity contribution in [1.82, 2.24) is 5.32 Å². The number of para-hydroxylation sites is 1. The summed E-state index contributed by atoms with van der Waals surface area (Å²) in [6.45, 7) is -0.224. The van der Waals surface area contributed by atoms with Gasteiger partial charge in [0.25, 0.3) is 5.08 Å². The zero-order valence-electron chi connectivity index (χ0n) is 12.2. The predicted octanol–water partition coefficient (Wildman–Crippen LogP) is 0.726. The minimum absolute atomic E-state index is 0.224. The van der Waals surface area contributed by atoms with Crippen molar-refractivity contribution in [3.63, 3.8) is 0 Å². The molecule has 0 fully saturated rings. The third-order valence-corrected chi connectivity index (χ3v) is 7.66. The normalized spacial score (nSPS) is 14.5. The molecule has 1 aromatic carbocycles. The van der Waals surface area contributed by atoms with E-state index in [2.05, 4.69) is 10.6 Å². The third-order valence-electron chi connectivity index (χ3n) is 3.03. The van der Waals surface area contributed by atoms with E-state index in [-0.39, 0.29) is 12.0 Å². The molecule has 23 heavy (non-hydrogen) atoms. The Morgan fingerprint density at radius 3 is 2.09 bits per heavy atom. The molecule has 0 amide bonds. The van der Waals surface area contributed by atoms with Gasteiger partial charge in [-0.3, -0.25) is 14.4 Å². The van der Waals surface area contributed by atoms with Crippen LogP contribution in [0.5, 0.6) is 0 Å². The summed E-state index contributed by atoms with van der Waals surface area (Å²) in [5.74, 6) is 0. The van der Waals surface area contributed by atoms with Crippen LogP contribution in [0, 0.1) is 0 Å². The topological polar surface area (TPSA) is 159 Å². The fraction of sp³-hybridized carbons (Fsp3) is 0.455. The summed E-state index contributed by atoms with van der Waals surface area (Å²) >= 11 is 1.34. The number of hydrogen-bond donors (Lipinski definition) is 7. The number of hydrogen-bond acceptors (Lipinski definition) is 6. The van der Waals surface area contributed by atoms with Crippen molar-refractivity contribution in [1.29, 1.82) is 0 Å². The molecular weight excluding hydrogens is 366 g/mol. The first-order valence-electron chi connectivity index (χ1n) is 6.43. The van der Waals surface area contributed by atoms with Gasteiger partial charge in [0, 0.05) is 18.7 Å². The van der Waals surface area contributed by atoms with Gasteiger partial charge < -0.3 is 30.0 Å². The Bertz CT molecular complexity index is 569. The molecule has 1 rings (SSSR count). The van der Waals surface area contributed by atoms with Gasteiger partial charge in [0.05, 0.1) is 0 Å². The second-order valence-electron chi connectivity index (χ2n) is 4.69. The SMILES string of the molecule is CSC(NCCC(O)(P(=O)(O)O)P(=O)(O)O)Nc1ccccc1. The first kappa shape index (κ1) is 20.6. The van der Waals surface area contributed by atoms with Gasteiger partial charge in [0.2, 0.25) is 0 Å². The molecule has 0 bridgehead atoms.